The van der Waals surface area contributed by atoms with Crippen LogP contribution in [0.4, 0.5) is 4.39 Å². The Kier molecular flexibility index (Phi) is 6.75. The van der Waals surface area contributed by atoms with Crippen LogP contribution < -0.4 is 5.32 Å². The fourth-order valence-electron chi connectivity index (χ4n) is 1.53. The van der Waals surface area contributed by atoms with Crippen molar-refractivity contribution >= 4 is 17.7 Å². The highest BCUT2D eigenvalue weighted by atomic mass is 32.2. The van der Waals surface area contributed by atoms with Crippen LogP contribution in [0.15, 0.2) is 24.3 Å². The van der Waals surface area contributed by atoms with Crippen molar-refractivity contribution in [1.29, 1.82) is 0 Å². The number of carbonyl (C=O) groups is 1. The summed E-state index contributed by atoms with van der Waals surface area (Å²) in [7, 11) is 0. The molecule has 1 aromatic rings. The van der Waals surface area contributed by atoms with Crippen molar-refractivity contribution in [2.75, 3.05) is 18.6 Å². The fourth-order valence-corrected chi connectivity index (χ4v) is 1.96. The van der Waals surface area contributed by atoms with E-state index in [9.17, 15) is 14.3 Å². The lowest BCUT2D eigenvalue weighted by Gasteiger charge is -2.12. The molecular weight excluding hydrogens is 253 g/mol. The quantitative estimate of drug-likeness (QED) is 0.747. The predicted octanol–water partition coefficient (Wildman–Crippen LogP) is 2.12. The fraction of sp³-hybridized carbons (Fsp3) is 0.462. The van der Waals surface area contributed by atoms with Crippen molar-refractivity contribution in [3.63, 3.8) is 0 Å². The van der Waals surface area contributed by atoms with E-state index in [0.29, 0.717) is 6.42 Å². The average Bonchev–Trinajstić information content (AvgIpc) is 2.37. The van der Waals surface area contributed by atoms with Crippen LogP contribution in [0.2, 0.25) is 0 Å². The SMILES string of the molecule is CSCCCC(=O)NCC(O)c1ccccc1F. The molecule has 0 spiro atoms. The zero-order chi connectivity index (χ0) is 13.4. The highest BCUT2D eigenvalue weighted by molar-refractivity contribution is 7.98. The number of benzene rings is 1. The van der Waals surface area contributed by atoms with Crippen molar-refractivity contribution in [2.45, 2.75) is 18.9 Å². The zero-order valence-electron chi connectivity index (χ0n) is 10.4. The molecular formula is C13H18FNO2S. The maximum Gasteiger partial charge on any atom is 0.220 e. The molecule has 1 aromatic carbocycles. The molecule has 100 valence electrons. The van der Waals surface area contributed by atoms with Gasteiger partial charge in [-0.15, -0.1) is 0 Å². The van der Waals surface area contributed by atoms with E-state index in [-0.39, 0.29) is 18.0 Å². The summed E-state index contributed by atoms with van der Waals surface area (Å²) in [5.74, 6) is 0.365. The minimum absolute atomic E-state index is 0.0407. The average molecular weight is 271 g/mol. The number of nitrogens with one attached hydrogen (secondary N) is 1. The summed E-state index contributed by atoms with van der Waals surface area (Å²) in [5.41, 5.74) is 0.210. The zero-order valence-corrected chi connectivity index (χ0v) is 11.2. The van der Waals surface area contributed by atoms with E-state index in [1.807, 2.05) is 6.26 Å². The second-order valence-electron chi connectivity index (χ2n) is 3.94. The number of carbonyl (C=O) groups excluding carboxylic acids is 1. The topological polar surface area (TPSA) is 49.3 Å². The Labute approximate surface area is 111 Å². The summed E-state index contributed by atoms with van der Waals surface area (Å²) < 4.78 is 13.3. The lowest BCUT2D eigenvalue weighted by atomic mass is 10.1. The van der Waals surface area contributed by atoms with Crippen LogP contribution in [0.5, 0.6) is 0 Å². The minimum Gasteiger partial charge on any atom is -0.386 e. The van der Waals surface area contributed by atoms with Gasteiger partial charge in [-0.3, -0.25) is 4.79 Å². The smallest absolute Gasteiger partial charge is 0.220 e. The van der Waals surface area contributed by atoms with Gasteiger partial charge in [0, 0.05) is 18.5 Å². The number of halogens is 1. The van der Waals surface area contributed by atoms with Gasteiger partial charge in [0.15, 0.2) is 0 Å². The van der Waals surface area contributed by atoms with Crippen molar-refractivity contribution < 1.29 is 14.3 Å². The Morgan fingerprint density at radius 2 is 2.22 bits per heavy atom. The predicted molar refractivity (Wildman–Crippen MR) is 72.0 cm³/mol. The number of hydrogen-bond acceptors (Lipinski definition) is 3. The molecule has 0 bridgehead atoms. The number of thioether (sulfide) groups is 1. The molecule has 1 rings (SSSR count). The molecule has 5 heteroatoms. The normalized spacial score (nSPS) is 12.2. The summed E-state index contributed by atoms with van der Waals surface area (Å²) in [6, 6.07) is 6.02. The van der Waals surface area contributed by atoms with Gasteiger partial charge in [-0.2, -0.15) is 11.8 Å². The molecule has 0 heterocycles. The molecule has 0 saturated heterocycles. The number of hydrogen-bond donors (Lipinski definition) is 2. The lowest BCUT2D eigenvalue weighted by Crippen LogP contribution is -2.28. The molecule has 0 aliphatic heterocycles. The molecule has 0 aliphatic carbocycles. The largest absolute Gasteiger partial charge is 0.386 e. The van der Waals surface area contributed by atoms with Crippen LogP contribution in [-0.2, 0) is 4.79 Å². The summed E-state index contributed by atoms with van der Waals surface area (Å²) in [5, 5.41) is 12.4. The van der Waals surface area contributed by atoms with Gasteiger partial charge in [-0.25, -0.2) is 4.39 Å². The molecule has 1 atom stereocenters. The molecule has 18 heavy (non-hydrogen) atoms. The Hall–Kier alpha value is -1.07. The molecule has 0 aliphatic rings. The van der Waals surface area contributed by atoms with Crippen LogP contribution >= 0.6 is 11.8 Å². The summed E-state index contributed by atoms with van der Waals surface area (Å²) in [4.78, 5) is 11.4. The molecule has 0 radical (unpaired) electrons. The van der Waals surface area contributed by atoms with Crippen LogP contribution in [0.25, 0.3) is 0 Å². The van der Waals surface area contributed by atoms with Gasteiger partial charge in [-0.1, -0.05) is 18.2 Å². The van der Waals surface area contributed by atoms with E-state index in [4.69, 9.17) is 0 Å². The van der Waals surface area contributed by atoms with Gasteiger partial charge in [0.05, 0.1) is 6.10 Å². The van der Waals surface area contributed by atoms with Crippen LogP contribution in [0.1, 0.15) is 24.5 Å². The lowest BCUT2D eigenvalue weighted by molar-refractivity contribution is -0.121. The Morgan fingerprint density at radius 1 is 1.50 bits per heavy atom. The molecule has 2 N–H and O–H groups in total. The van der Waals surface area contributed by atoms with Gasteiger partial charge >= 0.3 is 0 Å². The minimum atomic E-state index is -1.00. The van der Waals surface area contributed by atoms with Gasteiger partial charge in [0.25, 0.3) is 0 Å². The first kappa shape index (κ1) is 15.0. The third-order valence-corrected chi connectivity index (χ3v) is 3.21. The number of aliphatic hydroxyl groups is 1. The van der Waals surface area contributed by atoms with Gasteiger partial charge in [-0.05, 0) is 24.5 Å². The monoisotopic (exact) mass is 271 g/mol. The molecule has 1 amide bonds. The first-order valence-corrected chi connectivity index (χ1v) is 7.22. The maximum absolute atomic E-state index is 13.3. The highest BCUT2D eigenvalue weighted by Crippen LogP contribution is 2.15. The second-order valence-corrected chi connectivity index (χ2v) is 4.92. The van der Waals surface area contributed by atoms with Gasteiger partial charge in [0.2, 0.25) is 5.91 Å². The van der Waals surface area contributed by atoms with Crippen molar-refractivity contribution in [3.05, 3.63) is 35.6 Å². The summed E-state index contributed by atoms with van der Waals surface area (Å²) >= 11 is 1.69. The summed E-state index contributed by atoms with van der Waals surface area (Å²) in [6.45, 7) is 0.0407. The second kappa shape index (κ2) is 8.11. The van der Waals surface area contributed by atoms with Crippen molar-refractivity contribution in [3.8, 4) is 0 Å². The molecule has 0 fully saturated rings. The van der Waals surface area contributed by atoms with E-state index >= 15 is 0 Å². The number of rotatable bonds is 7. The Bertz CT molecular complexity index is 387. The Balaban J connectivity index is 2.35. The standard InChI is InChI=1S/C13H18FNO2S/c1-18-8-4-7-13(17)15-9-12(16)10-5-2-3-6-11(10)14/h2-3,5-6,12,16H,4,7-9H2,1H3,(H,15,17). The van der Waals surface area contributed by atoms with E-state index in [1.165, 1.54) is 12.1 Å². The Morgan fingerprint density at radius 3 is 2.89 bits per heavy atom. The molecule has 3 nitrogen and oxygen atoms in total. The van der Waals surface area contributed by atoms with Crippen molar-refractivity contribution in [1.82, 2.24) is 5.32 Å². The summed E-state index contributed by atoms with van der Waals surface area (Å²) in [6.07, 6.45) is 2.23. The van der Waals surface area contributed by atoms with Crippen LogP contribution in [-0.4, -0.2) is 29.6 Å². The van der Waals surface area contributed by atoms with E-state index in [0.717, 1.165) is 12.2 Å². The first-order valence-electron chi connectivity index (χ1n) is 5.83. The highest BCUT2D eigenvalue weighted by Gasteiger charge is 2.12. The van der Waals surface area contributed by atoms with Crippen molar-refractivity contribution in [2.24, 2.45) is 0 Å². The number of aliphatic hydroxyl groups excluding tert-OH is 1. The first-order chi connectivity index (χ1) is 8.65. The van der Waals surface area contributed by atoms with E-state index in [2.05, 4.69) is 5.32 Å². The third-order valence-electron chi connectivity index (χ3n) is 2.51. The third kappa shape index (κ3) is 5.06. The number of amides is 1. The molecule has 1 unspecified atom stereocenters. The van der Waals surface area contributed by atoms with E-state index < -0.39 is 11.9 Å². The maximum atomic E-state index is 13.3. The van der Waals surface area contributed by atoms with Crippen LogP contribution in [0.3, 0.4) is 0 Å². The molecule has 0 aromatic heterocycles. The van der Waals surface area contributed by atoms with Gasteiger partial charge < -0.3 is 10.4 Å². The van der Waals surface area contributed by atoms with Crippen LogP contribution in [0, 0.1) is 5.82 Å². The van der Waals surface area contributed by atoms with E-state index in [1.54, 1.807) is 23.9 Å². The van der Waals surface area contributed by atoms with Gasteiger partial charge in [0.1, 0.15) is 5.82 Å². The molecule has 0 saturated carbocycles.